The number of nitrogens with one attached hydrogen (secondary N) is 1. The average molecular weight is 399 g/mol. The van der Waals surface area contributed by atoms with Gasteiger partial charge in [-0.05, 0) is 50.1 Å². The maximum atomic E-state index is 13.1. The smallest absolute Gasteiger partial charge is 0.261 e. The summed E-state index contributed by atoms with van der Waals surface area (Å²) in [5.41, 5.74) is 0.883. The van der Waals surface area contributed by atoms with Crippen molar-refractivity contribution in [3.05, 3.63) is 60.2 Å². The third-order valence-electron chi connectivity index (χ3n) is 4.41. The van der Waals surface area contributed by atoms with Crippen LogP contribution in [-0.2, 0) is 16.1 Å². The van der Waals surface area contributed by atoms with E-state index in [1.54, 1.807) is 24.1 Å². The summed E-state index contributed by atoms with van der Waals surface area (Å²) in [6, 6.07) is 16.1. The molecule has 0 saturated carbocycles. The second kappa shape index (κ2) is 11.1. The topological polar surface area (TPSA) is 67.9 Å². The Hall–Kier alpha value is -3.02. The third kappa shape index (κ3) is 6.82. The quantitative estimate of drug-likeness (QED) is 0.666. The van der Waals surface area contributed by atoms with Gasteiger partial charge in [0.05, 0.1) is 7.11 Å². The highest BCUT2D eigenvalue weighted by Crippen LogP contribution is 2.18. The van der Waals surface area contributed by atoms with Gasteiger partial charge in [0, 0.05) is 12.6 Å². The number of para-hydroxylation sites is 1. The average Bonchev–Trinajstić information content (AvgIpc) is 2.72. The van der Waals surface area contributed by atoms with Crippen LogP contribution in [0.3, 0.4) is 0 Å². The van der Waals surface area contributed by atoms with Crippen molar-refractivity contribution >= 4 is 11.8 Å². The Morgan fingerprint density at radius 2 is 1.72 bits per heavy atom. The van der Waals surface area contributed by atoms with Crippen molar-refractivity contribution in [2.45, 2.75) is 45.8 Å². The van der Waals surface area contributed by atoms with Crippen molar-refractivity contribution in [1.82, 2.24) is 10.2 Å². The molecule has 6 heteroatoms. The Kier molecular flexibility index (Phi) is 8.52. The van der Waals surface area contributed by atoms with E-state index in [9.17, 15) is 9.59 Å². The number of benzene rings is 2. The molecule has 2 rings (SSSR count). The summed E-state index contributed by atoms with van der Waals surface area (Å²) in [6.07, 6.45) is 0.500. The van der Waals surface area contributed by atoms with Crippen LogP contribution in [0.1, 0.15) is 32.8 Å². The van der Waals surface area contributed by atoms with E-state index in [2.05, 4.69) is 5.32 Å². The lowest BCUT2D eigenvalue weighted by atomic mass is 10.1. The molecule has 0 aliphatic rings. The maximum Gasteiger partial charge on any atom is 0.261 e. The van der Waals surface area contributed by atoms with Crippen molar-refractivity contribution in [1.29, 1.82) is 0 Å². The molecule has 0 aliphatic heterocycles. The van der Waals surface area contributed by atoms with Gasteiger partial charge in [-0.15, -0.1) is 0 Å². The summed E-state index contributed by atoms with van der Waals surface area (Å²) in [7, 11) is 1.60. The van der Waals surface area contributed by atoms with Gasteiger partial charge in [0.1, 0.15) is 17.5 Å². The number of rotatable bonds is 10. The van der Waals surface area contributed by atoms with Crippen molar-refractivity contribution in [3.63, 3.8) is 0 Å². The molecule has 0 unspecified atom stereocenters. The minimum Gasteiger partial charge on any atom is -0.497 e. The van der Waals surface area contributed by atoms with Gasteiger partial charge in [0.2, 0.25) is 5.91 Å². The lowest BCUT2D eigenvalue weighted by Crippen LogP contribution is -2.51. The van der Waals surface area contributed by atoms with E-state index in [-0.39, 0.29) is 31.0 Å². The number of carbonyl (C=O) groups is 2. The monoisotopic (exact) mass is 398 g/mol. The van der Waals surface area contributed by atoms with Crippen molar-refractivity contribution < 1.29 is 19.1 Å². The summed E-state index contributed by atoms with van der Waals surface area (Å²) in [4.78, 5) is 27.4. The van der Waals surface area contributed by atoms with E-state index in [1.165, 1.54) is 0 Å². The molecule has 0 fully saturated rings. The standard InChI is InChI=1S/C23H30N2O4/c1-5-21(23(27)24-17(2)3)25(15-18-10-9-13-20(14-18)28-4)22(26)16-29-19-11-7-6-8-12-19/h6-14,17,21H,5,15-16H2,1-4H3,(H,24,27)/t21-/m1/s1. The first-order chi connectivity index (χ1) is 13.9. The second-order valence-electron chi connectivity index (χ2n) is 7.06. The Morgan fingerprint density at radius 1 is 1.03 bits per heavy atom. The molecule has 1 N–H and O–H groups in total. The highest BCUT2D eigenvalue weighted by molar-refractivity contribution is 5.88. The molecule has 156 valence electrons. The van der Waals surface area contributed by atoms with Gasteiger partial charge in [-0.1, -0.05) is 37.3 Å². The SMILES string of the molecule is CC[C@H](C(=O)NC(C)C)N(Cc1cccc(OC)c1)C(=O)COc1ccccc1. The summed E-state index contributed by atoms with van der Waals surface area (Å²) in [5, 5.41) is 2.91. The van der Waals surface area contributed by atoms with Gasteiger partial charge in [0.15, 0.2) is 6.61 Å². The molecule has 29 heavy (non-hydrogen) atoms. The third-order valence-corrected chi connectivity index (χ3v) is 4.41. The van der Waals surface area contributed by atoms with E-state index in [0.29, 0.717) is 17.9 Å². The zero-order valence-corrected chi connectivity index (χ0v) is 17.6. The number of methoxy groups -OCH3 is 1. The van der Waals surface area contributed by atoms with Gasteiger partial charge in [-0.3, -0.25) is 9.59 Å². The Bertz CT molecular complexity index is 792. The lowest BCUT2D eigenvalue weighted by molar-refractivity contribution is -0.143. The van der Waals surface area contributed by atoms with Crippen LogP contribution in [0.15, 0.2) is 54.6 Å². The van der Waals surface area contributed by atoms with E-state index < -0.39 is 6.04 Å². The van der Waals surface area contributed by atoms with Crippen LogP contribution < -0.4 is 14.8 Å². The summed E-state index contributed by atoms with van der Waals surface area (Å²) < 4.78 is 10.9. The van der Waals surface area contributed by atoms with Crippen LogP contribution in [0.2, 0.25) is 0 Å². The van der Waals surface area contributed by atoms with Crippen LogP contribution in [-0.4, -0.2) is 42.5 Å². The molecular weight excluding hydrogens is 368 g/mol. The molecule has 0 aliphatic carbocycles. The fraction of sp³-hybridized carbons (Fsp3) is 0.391. The molecule has 0 aromatic heterocycles. The minimum atomic E-state index is -0.588. The molecule has 1 atom stereocenters. The molecule has 0 saturated heterocycles. The first kappa shape index (κ1) is 22.3. The molecular formula is C23H30N2O4. The molecule has 0 radical (unpaired) electrons. The zero-order valence-electron chi connectivity index (χ0n) is 17.6. The number of carbonyl (C=O) groups excluding carboxylic acids is 2. The molecule has 0 bridgehead atoms. The molecule has 2 amide bonds. The van der Waals surface area contributed by atoms with Crippen LogP contribution in [0.4, 0.5) is 0 Å². The predicted molar refractivity (Wildman–Crippen MR) is 113 cm³/mol. The lowest BCUT2D eigenvalue weighted by Gasteiger charge is -2.31. The van der Waals surface area contributed by atoms with Crippen molar-refractivity contribution in [2.75, 3.05) is 13.7 Å². The van der Waals surface area contributed by atoms with Crippen molar-refractivity contribution in [3.8, 4) is 11.5 Å². The van der Waals surface area contributed by atoms with E-state index >= 15 is 0 Å². The number of hydrogen-bond donors (Lipinski definition) is 1. The summed E-state index contributed by atoms with van der Waals surface area (Å²) in [6.45, 7) is 5.85. The van der Waals surface area contributed by atoms with Crippen LogP contribution >= 0.6 is 0 Å². The largest absolute Gasteiger partial charge is 0.497 e. The van der Waals surface area contributed by atoms with Gasteiger partial charge >= 0.3 is 0 Å². The normalized spacial score (nSPS) is 11.6. The molecule has 0 heterocycles. The second-order valence-corrected chi connectivity index (χ2v) is 7.06. The highest BCUT2D eigenvalue weighted by atomic mass is 16.5. The maximum absolute atomic E-state index is 13.1. The number of nitrogens with zero attached hydrogens (tertiary/aromatic N) is 1. The minimum absolute atomic E-state index is 0.00844. The summed E-state index contributed by atoms with van der Waals surface area (Å²) >= 11 is 0. The molecule has 2 aromatic carbocycles. The number of amides is 2. The Morgan fingerprint density at radius 3 is 2.34 bits per heavy atom. The predicted octanol–water partition coefficient (Wildman–Crippen LogP) is 3.41. The fourth-order valence-corrected chi connectivity index (χ4v) is 3.01. The Balaban J connectivity index is 2.22. The zero-order chi connectivity index (χ0) is 21.2. The van der Waals surface area contributed by atoms with Crippen molar-refractivity contribution in [2.24, 2.45) is 0 Å². The Labute approximate surface area is 172 Å². The van der Waals surface area contributed by atoms with Gasteiger partial charge in [0.25, 0.3) is 5.91 Å². The first-order valence-electron chi connectivity index (χ1n) is 9.85. The molecule has 0 spiro atoms. The van der Waals surface area contributed by atoms with E-state index in [4.69, 9.17) is 9.47 Å². The molecule has 2 aromatic rings. The van der Waals surface area contributed by atoms with E-state index in [0.717, 1.165) is 5.56 Å². The highest BCUT2D eigenvalue weighted by Gasteiger charge is 2.29. The van der Waals surface area contributed by atoms with Gasteiger partial charge < -0.3 is 19.7 Å². The summed E-state index contributed by atoms with van der Waals surface area (Å²) in [5.74, 6) is 0.901. The van der Waals surface area contributed by atoms with Crippen LogP contribution in [0, 0.1) is 0 Å². The van der Waals surface area contributed by atoms with Gasteiger partial charge in [-0.25, -0.2) is 0 Å². The van der Waals surface area contributed by atoms with E-state index in [1.807, 2.05) is 63.2 Å². The fourth-order valence-electron chi connectivity index (χ4n) is 3.01. The molecule has 6 nitrogen and oxygen atoms in total. The van der Waals surface area contributed by atoms with Crippen LogP contribution in [0.25, 0.3) is 0 Å². The number of ether oxygens (including phenoxy) is 2. The first-order valence-corrected chi connectivity index (χ1v) is 9.85. The van der Waals surface area contributed by atoms with Crippen LogP contribution in [0.5, 0.6) is 11.5 Å². The van der Waals surface area contributed by atoms with Gasteiger partial charge in [-0.2, -0.15) is 0 Å². The number of hydrogen-bond acceptors (Lipinski definition) is 4.